The molecule has 0 radical (unpaired) electrons. The summed E-state index contributed by atoms with van der Waals surface area (Å²) >= 11 is 0. The maximum absolute atomic E-state index is 12.2. The molecule has 0 aromatic carbocycles. The minimum Gasteiger partial charge on any atom is -0.409 e. The van der Waals surface area contributed by atoms with Crippen LogP contribution in [0.5, 0.6) is 0 Å². The Morgan fingerprint density at radius 3 is 2.44 bits per heavy atom. The van der Waals surface area contributed by atoms with Gasteiger partial charge < -0.3 is 15.8 Å². The van der Waals surface area contributed by atoms with Gasteiger partial charge in [0, 0.05) is 6.04 Å². The zero-order valence-corrected chi connectivity index (χ0v) is 8.37. The number of alkyl halides is 3. The summed E-state index contributed by atoms with van der Waals surface area (Å²) in [5.74, 6) is -1.16. The number of hydrogen-bond donors (Lipinski definition) is 2. The Bertz CT molecular complexity index is 299. The highest BCUT2D eigenvalue weighted by atomic mass is 19.4. The number of nitrogens with two attached hydrogens (primary N) is 1. The summed E-state index contributed by atoms with van der Waals surface area (Å²) in [6.45, 7) is -1.28. The number of carbonyl (C=O) groups is 1. The summed E-state index contributed by atoms with van der Waals surface area (Å²) < 4.78 is 36.5. The van der Waals surface area contributed by atoms with E-state index in [1.165, 1.54) is 0 Å². The van der Waals surface area contributed by atoms with Crippen molar-refractivity contribution < 1.29 is 23.2 Å². The smallest absolute Gasteiger partial charge is 0.406 e. The summed E-state index contributed by atoms with van der Waals surface area (Å²) in [7, 11) is 0. The lowest BCUT2D eigenvalue weighted by Gasteiger charge is -2.23. The van der Waals surface area contributed by atoms with Crippen molar-refractivity contribution in [2.24, 2.45) is 10.9 Å². The number of hydrogen-bond acceptors (Lipinski definition) is 3. The number of oxime groups is 1. The van der Waals surface area contributed by atoms with Crippen LogP contribution in [0.4, 0.5) is 13.2 Å². The molecule has 1 rings (SSSR count). The van der Waals surface area contributed by atoms with E-state index in [9.17, 15) is 18.0 Å². The van der Waals surface area contributed by atoms with Gasteiger partial charge in [-0.05, 0) is 12.8 Å². The molecule has 0 atom stereocenters. The fourth-order valence-corrected chi connectivity index (χ4v) is 1.29. The normalized spacial score (nSPS) is 17.3. The van der Waals surface area contributed by atoms with Crippen molar-refractivity contribution in [2.75, 3.05) is 6.54 Å². The molecule has 1 aliphatic rings. The zero-order chi connectivity index (χ0) is 12.3. The number of amides is 1. The van der Waals surface area contributed by atoms with Crippen LogP contribution in [0.3, 0.4) is 0 Å². The summed E-state index contributed by atoms with van der Waals surface area (Å²) in [4.78, 5) is 12.2. The predicted octanol–water partition coefficient (Wildman–Crippen LogP) is 0.676. The Morgan fingerprint density at radius 1 is 1.50 bits per heavy atom. The van der Waals surface area contributed by atoms with Crippen molar-refractivity contribution in [1.29, 1.82) is 0 Å². The van der Waals surface area contributed by atoms with Gasteiger partial charge in [0.05, 0.1) is 6.42 Å². The molecule has 5 nitrogen and oxygen atoms in total. The van der Waals surface area contributed by atoms with Gasteiger partial charge in [-0.15, -0.1) is 0 Å². The topological polar surface area (TPSA) is 78.9 Å². The van der Waals surface area contributed by atoms with E-state index >= 15 is 0 Å². The molecular weight excluding hydrogens is 227 g/mol. The number of nitrogens with zero attached hydrogens (tertiary/aromatic N) is 2. The van der Waals surface area contributed by atoms with E-state index in [0.717, 1.165) is 4.90 Å². The molecule has 1 amide bonds. The van der Waals surface area contributed by atoms with Crippen molar-refractivity contribution in [2.45, 2.75) is 31.5 Å². The van der Waals surface area contributed by atoms with Crippen LogP contribution < -0.4 is 5.73 Å². The average molecular weight is 239 g/mol. The van der Waals surface area contributed by atoms with E-state index in [2.05, 4.69) is 5.16 Å². The molecule has 0 aliphatic heterocycles. The largest absolute Gasteiger partial charge is 0.409 e. The second-order valence-corrected chi connectivity index (χ2v) is 3.64. The molecule has 0 saturated heterocycles. The zero-order valence-electron chi connectivity index (χ0n) is 8.37. The van der Waals surface area contributed by atoms with Gasteiger partial charge in [0.2, 0.25) is 5.91 Å². The van der Waals surface area contributed by atoms with Crippen molar-refractivity contribution in [3.63, 3.8) is 0 Å². The molecule has 0 heterocycles. The molecule has 16 heavy (non-hydrogen) atoms. The second-order valence-electron chi connectivity index (χ2n) is 3.64. The average Bonchev–Trinajstić information content (AvgIpc) is 2.95. The fraction of sp³-hybridized carbons (Fsp3) is 0.750. The summed E-state index contributed by atoms with van der Waals surface area (Å²) in [6, 6.07) is -0.361. The Labute approximate surface area is 89.7 Å². The van der Waals surface area contributed by atoms with E-state index in [0.29, 0.717) is 12.8 Å². The van der Waals surface area contributed by atoms with Gasteiger partial charge >= 0.3 is 6.18 Å². The molecule has 8 heteroatoms. The highest BCUT2D eigenvalue weighted by Gasteiger charge is 2.40. The molecule has 0 spiro atoms. The quantitative estimate of drug-likeness (QED) is 0.327. The Kier molecular flexibility index (Phi) is 3.61. The van der Waals surface area contributed by atoms with Crippen LogP contribution in [0.2, 0.25) is 0 Å². The molecule has 1 aliphatic carbocycles. The first-order chi connectivity index (χ1) is 7.33. The minimum absolute atomic E-state index is 0.361. The monoisotopic (exact) mass is 239 g/mol. The van der Waals surface area contributed by atoms with Gasteiger partial charge in [0.25, 0.3) is 0 Å². The third kappa shape index (κ3) is 3.95. The van der Waals surface area contributed by atoms with Crippen LogP contribution in [-0.2, 0) is 4.79 Å². The Hall–Kier alpha value is -1.47. The highest BCUT2D eigenvalue weighted by molar-refractivity contribution is 5.98. The Balaban J connectivity index is 2.60. The first kappa shape index (κ1) is 12.6. The van der Waals surface area contributed by atoms with Crippen LogP contribution in [0.15, 0.2) is 5.16 Å². The molecule has 1 saturated carbocycles. The molecule has 1 fully saturated rings. The third-order valence-corrected chi connectivity index (χ3v) is 2.12. The molecule has 3 N–H and O–H groups in total. The highest BCUT2D eigenvalue weighted by Crippen LogP contribution is 2.30. The fourth-order valence-electron chi connectivity index (χ4n) is 1.29. The molecule has 0 bridgehead atoms. The van der Waals surface area contributed by atoms with Crippen LogP contribution in [0.1, 0.15) is 19.3 Å². The first-order valence-electron chi connectivity index (χ1n) is 4.66. The van der Waals surface area contributed by atoms with Gasteiger partial charge in [-0.25, -0.2) is 0 Å². The lowest BCUT2D eigenvalue weighted by Crippen LogP contribution is -2.42. The summed E-state index contributed by atoms with van der Waals surface area (Å²) in [5, 5.41) is 10.8. The number of amidine groups is 1. The van der Waals surface area contributed by atoms with E-state index in [1.54, 1.807) is 0 Å². The molecule has 0 aromatic heterocycles. The molecule has 0 unspecified atom stereocenters. The first-order valence-corrected chi connectivity index (χ1v) is 4.66. The number of halogens is 3. The number of carbonyl (C=O) groups excluding carboxylic acids is 1. The maximum Gasteiger partial charge on any atom is 0.406 e. The van der Waals surface area contributed by atoms with Gasteiger partial charge in [-0.2, -0.15) is 13.2 Å². The van der Waals surface area contributed by atoms with Crippen molar-refractivity contribution in [1.82, 2.24) is 4.90 Å². The van der Waals surface area contributed by atoms with E-state index in [-0.39, 0.29) is 6.04 Å². The number of rotatable bonds is 4. The Morgan fingerprint density at radius 2 is 2.06 bits per heavy atom. The van der Waals surface area contributed by atoms with Gasteiger partial charge in [0.15, 0.2) is 0 Å². The van der Waals surface area contributed by atoms with Crippen molar-refractivity contribution in [3.05, 3.63) is 0 Å². The van der Waals surface area contributed by atoms with Gasteiger partial charge in [-0.1, -0.05) is 5.16 Å². The van der Waals surface area contributed by atoms with E-state index in [4.69, 9.17) is 10.9 Å². The van der Waals surface area contributed by atoms with Gasteiger partial charge in [0.1, 0.15) is 12.4 Å². The SMILES string of the molecule is NC(CC(=O)N(CC(F)(F)F)C1CC1)=NO. The summed E-state index contributed by atoms with van der Waals surface area (Å²) in [5.41, 5.74) is 5.07. The third-order valence-electron chi connectivity index (χ3n) is 2.12. The van der Waals surface area contributed by atoms with Crippen molar-refractivity contribution in [3.8, 4) is 0 Å². The lowest BCUT2D eigenvalue weighted by molar-refractivity contribution is -0.161. The van der Waals surface area contributed by atoms with Crippen LogP contribution in [-0.4, -0.2) is 40.6 Å². The van der Waals surface area contributed by atoms with E-state index in [1.807, 2.05) is 0 Å². The minimum atomic E-state index is -4.43. The predicted molar refractivity (Wildman–Crippen MR) is 48.8 cm³/mol. The van der Waals surface area contributed by atoms with Crippen LogP contribution in [0.25, 0.3) is 0 Å². The van der Waals surface area contributed by atoms with Crippen LogP contribution in [0, 0.1) is 0 Å². The summed E-state index contributed by atoms with van der Waals surface area (Å²) in [6.07, 6.45) is -3.79. The van der Waals surface area contributed by atoms with Gasteiger partial charge in [-0.3, -0.25) is 4.79 Å². The molecule has 92 valence electrons. The molecular formula is C8H12F3N3O2. The lowest BCUT2D eigenvalue weighted by atomic mass is 10.3. The molecule has 0 aromatic rings. The standard InChI is InChI=1S/C8H12F3N3O2/c9-8(10,11)4-14(5-1-2-5)7(15)3-6(12)13-16/h5,16H,1-4H2,(H2,12,13). The van der Waals surface area contributed by atoms with Crippen molar-refractivity contribution >= 4 is 11.7 Å². The maximum atomic E-state index is 12.2. The van der Waals surface area contributed by atoms with E-state index < -0.39 is 30.9 Å². The second kappa shape index (κ2) is 4.58. The van der Waals surface area contributed by atoms with Crippen LogP contribution >= 0.6 is 0 Å².